The third kappa shape index (κ3) is 6.00. The lowest BCUT2D eigenvalue weighted by molar-refractivity contribution is 0.0544. The van der Waals surface area contributed by atoms with Gasteiger partial charge >= 0.3 is 6.01 Å². The highest BCUT2D eigenvalue weighted by atomic mass is 19.1. The minimum atomic E-state index is -0.334. The maximum atomic E-state index is 15.0. The van der Waals surface area contributed by atoms with Gasteiger partial charge in [-0.2, -0.15) is 9.97 Å². The van der Waals surface area contributed by atoms with Crippen LogP contribution in [0.2, 0.25) is 0 Å². The molecule has 0 spiro atoms. The van der Waals surface area contributed by atoms with Gasteiger partial charge in [0, 0.05) is 68.8 Å². The van der Waals surface area contributed by atoms with Crippen molar-refractivity contribution >= 4 is 28.2 Å². The molecule has 7 rings (SSSR count). The number of phenols is 1. The Balaban J connectivity index is 1.19. The van der Waals surface area contributed by atoms with Gasteiger partial charge < -0.3 is 24.4 Å². The van der Waals surface area contributed by atoms with Gasteiger partial charge in [-0.05, 0) is 55.3 Å². The fourth-order valence-electron chi connectivity index (χ4n) is 7.75. The van der Waals surface area contributed by atoms with E-state index < -0.39 is 0 Å². The number of carbonyl (C=O) groups excluding carboxylic acids is 1. The summed E-state index contributed by atoms with van der Waals surface area (Å²) in [6, 6.07) is 7.13. The molecule has 10 nitrogen and oxygen atoms in total. The third-order valence-electron chi connectivity index (χ3n) is 9.92. The van der Waals surface area contributed by atoms with Crippen molar-refractivity contribution in [3.63, 3.8) is 0 Å². The second kappa shape index (κ2) is 12.6. The Hall–Kier alpha value is -3.54. The van der Waals surface area contributed by atoms with Gasteiger partial charge in [-0.1, -0.05) is 26.8 Å². The Kier molecular flexibility index (Phi) is 8.50. The first-order valence-electron chi connectivity index (χ1n) is 16.8. The quantitative estimate of drug-likeness (QED) is 0.382. The number of nitrogens with zero attached hydrogens (tertiary/aromatic N) is 6. The smallest absolute Gasteiger partial charge is 0.318 e. The summed E-state index contributed by atoms with van der Waals surface area (Å²) in [4.78, 5) is 32.8. The van der Waals surface area contributed by atoms with Crippen molar-refractivity contribution in [3.8, 4) is 11.8 Å². The molecule has 5 heterocycles. The van der Waals surface area contributed by atoms with Crippen LogP contribution in [0.25, 0.3) is 10.8 Å². The van der Waals surface area contributed by atoms with Gasteiger partial charge in [0.2, 0.25) is 0 Å². The Bertz CT molecular complexity index is 1620. The van der Waals surface area contributed by atoms with E-state index in [9.17, 15) is 9.90 Å². The van der Waals surface area contributed by atoms with Gasteiger partial charge in [0.05, 0.1) is 31.1 Å². The number of ether oxygens (including phenoxy) is 2. The maximum absolute atomic E-state index is 15.0. The summed E-state index contributed by atoms with van der Waals surface area (Å²) in [5, 5.41) is 11.9. The van der Waals surface area contributed by atoms with Crippen LogP contribution >= 0.6 is 0 Å². The van der Waals surface area contributed by atoms with E-state index in [2.05, 4.69) is 28.5 Å². The maximum Gasteiger partial charge on any atom is 0.318 e. The third-order valence-corrected chi connectivity index (χ3v) is 9.92. The van der Waals surface area contributed by atoms with Crippen LogP contribution < -0.4 is 14.5 Å². The van der Waals surface area contributed by atoms with Gasteiger partial charge in [0.1, 0.15) is 22.9 Å². The van der Waals surface area contributed by atoms with Gasteiger partial charge in [0.15, 0.2) is 0 Å². The van der Waals surface area contributed by atoms with E-state index in [0.717, 1.165) is 32.6 Å². The molecule has 246 valence electrons. The largest absolute Gasteiger partial charge is 0.508 e. The van der Waals surface area contributed by atoms with Crippen LogP contribution in [-0.4, -0.2) is 102 Å². The molecule has 4 aliphatic heterocycles. The van der Waals surface area contributed by atoms with Crippen LogP contribution in [0.3, 0.4) is 0 Å². The average Bonchev–Trinajstić information content (AvgIpc) is 3.52. The molecule has 1 atom stereocenters. The number of aromatic nitrogens is 2. The Morgan fingerprint density at radius 2 is 1.96 bits per heavy atom. The molecule has 3 saturated heterocycles. The predicted molar refractivity (Wildman–Crippen MR) is 175 cm³/mol. The number of carbonyl (C=O) groups is 1. The van der Waals surface area contributed by atoms with Crippen LogP contribution in [0.1, 0.15) is 61.6 Å². The van der Waals surface area contributed by atoms with Gasteiger partial charge in [0.25, 0.3) is 5.91 Å². The minimum Gasteiger partial charge on any atom is -0.508 e. The number of anilines is 2. The standard InChI is InChI=1S/C35H45FN6O4/c1-4-26-27(36)9-8-23-17-25(43)18-29(30(23)26)42-20-28-31(33(42)44)32(41-11-6-15-45-16-14-41)38-34(37-28)46-22-35(2,3)21-39-12-13-40-10-5-7-24(40)19-39/h8-9,17-18,24,43H,4-7,10-16,19-22H2,1-3H3. The molecule has 1 unspecified atom stereocenters. The Morgan fingerprint density at radius 3 is 2.80 bits per heavy atom. The number of rotatable bonds is 8. The Morgan fingerprint density at radius 1 is 1.09 bits per heavy atom. The number of halogens is 1. The lowest BCUT2D eigenvalue weighted by atomic mass is 9.93. The molecule has 0 radical (unpaired) electrons. The van der Waals surface area contributed by atoms with Crippen molar-refractivity contribution in [2.24, 2.45) is 5.41 Å². The summed E-state index contributed by atoms with van der Waals surface area (Å²) in [5.74, 6) is -0.0538. The van der Waals surface area contributed by atoms with Gasteiger partial charge in [-0.15, -0.1) is 0 Å². The van der Waals surface area contributed by atoms with E-state index in [0.29, 0.717) is 84.5 Å². The summed E-state index contributed by atoms with van der Waals surface area (Å²) < 4.78 is 27.1. The molecular formula is C35H45FN6O4. The average molecular weight is 633 g/mol. The number of phenolic OH excluding ortho intramolecular Hbond substituents is 1. The van der Waals surface area contributed by atoms with Crippen LogP contribution in [0, 0.1) is 11.2 Å². The summed E-state index contributed by atoms with van der Waals surface area (Å²) >= 11 is 0. The first-order chi connectivity index (χ1) is 22.2. The van der Waals surface area contributed by atoms with E-state index in [1.807, 2.05) is 6.92 Å². The number of amides is 1. The van der Waals surface area contributed by atoms with Crippen LogP contribution in [0.4, 0.5) is 15.9 Å². The molecule has 3 fully saturated rings. The second-order valence-corrected chi connectivity index (χ2v) is 14.0. The summed E-state index contributed by atoms with van der Waals surface area (Å²) in [6.07, 6.45) is 3.83. The molecule has 1 N–H and O–H groups in total. The van der Waals surface area contributed by atoms with Crippen LogP contribution in [-0.2, 0) is 17.7 Å². The van der Waals surface area contributed by atoms with E-state index in [-0.39, 0.29) is 35.4 Å². The van der Waals surface area contributed by atoms with Crippen molar-refractivity contribution in [2.75, 3.05) is 75.4 Å². The van der Waals surface area contributed by atoms with E-state index >= 15 is 4.39 Å². The SMILES string of the molecule is CCc1c(F)ccc2cc(O)cc(N3Cc4nc(OCC(C)(C)CN5CCN6CCCC6C5)nc(N5CCCOCC5)c4C3=O)c12. The zero-order valence-electron chi connectivity index (χ0n) is 27.2. The topological polar surface area (TPSA) is 94.5 Å². The molecule has 4 aliphatic rings. The van der Waals surface area contributed by atoms with E-state index in [1.54, 1.807) is 23.1 Å². The normalized spacial score (nSPS) is 21.1. The van der Waals surface area contributed by atoms with Crippen molar-refractivity contribution in [3.05, 3.63) is 46.9 Å². The zero-order valence-corrected chi connectivity index (χ0v) is 27.2. The van der Waals surface area contributed by atoms with Crippen molar-refractivity contribution in [1.82, 2.24) is 19.8 Å². The number of hydrogen-bond acceptors (Lipinski definition) is 9. The number of aromatic hydroxyl groups is 1. The van der Waals surface area contributed by atoms with E-state index in [1.165, 1.54) is 25.5 Å². The van der Waals surface area contributed by atoms with E-state index in [4.69, 9.17) is 19.4 Å². The molecule has 0 saturated carbocycles. The van der Waals surface area contributed by atoms with Crippen molar-refractivity contribution < 1.29 is 23.8 Å². The first kappa shape index (κ1) is 31.1. The Labute approximate surface area is 270 Å². The fourth-order valence-corrected chi connectivity index (χ4v) is 7.75. The first-order valence-corrected chi connectivity index (χ1v) is 16.8. The lowest BCUT2D eigenvalue weighted by Crippen LogP contribution is -2.52. The highest BCUT2D eigenvalue weighted by molar-refractivity contribution is 6.16. The molecule has 1 amide bonds. The summed E-state index contributed by atoms with van der Waals surface area (Å²) in [7, 11) is 0. The van der Waals surface area contributed by atoms with Crippen LogP contribution in [0.5, 0.6) is 11.8 Å². The number of aryl methyl sites for hydroxylation is 1. The molecule has 11 heteroatoms. The molecule has 0 bridgehead atoms. The summed E-state index contributed by atoms with van der Waals surface area (Å²) in [5.41, 5.74) is 1.83. The zero-order chi connectivity index (χ0) is 32.0. The monoisotopic (exact) mass is 632 g/mol. The van der Waals surface area contributed by atoms with Crippen LogP contribution in [0.15, 0.2) is 24.3 Å². The number of fused-ring (bicyclic) bond motifs is 3. The molecular weight excluding hydrogens is 587 g/mol. The number of piperazine rings is 1. The molecule has 2 aromatic carbocycles. The molecule has 1 aromatic heterocycles. The molecule has 3 aromatic rings. The fraction of sp³-hybridized carbons (Fsp3) is 0.571. The molecule has 46 heavy (non-hydrogen) atoms. The lowest BCUT2D eigenvalue weighted by Gasteiger charge is -2.40. The number of benzene rings is 2. The van der Waals surface area contributed by atoms with Crippen molar-refractivity contribution in [1.29, 1.82) is 0 Å². The summed E-state index contributed by atoms with van der Waals surface area (Å²) in [6.45, 7) is 14.8. The molecule has 0 aliphatic carbocycles. The highest BCUT2D eigenvalue weighted by Crippen LogP contribution is 2.41. The predicted octanol–water partition coefficient (Wildman–Crippen LogP) is 4.61. The van der Waals surface area contributed by atoms with Gasteiger partial charge in [-0.3, -0.25) is 14.6 Å². The second-order valence-electron chi connectivity index (χ2n) is 14.0. The number of hydrogen-bond donors (Lipinski definition) is 1. The van der Waals surface area contributed by atoms with Gasteiger partial charge in [-0.25, -0.2) is 4.39 Å². The minimum absolute atomic E-state index is 0.0106. The van der Waals surface area contributed by atoms with Crippen molar-refractivity contribution in [2.45, 2.75) is 59.0 Å². The highest BCUT2D eigenvalue weighted by Gasteiger charge is 2.38.